The minimum absolute atomic E-state index is 0.174. The first-order chi connectivity index (χ1) is 16.1. The number of aliphatic hydroxyl groups is 1. The van der Waals surface area contributed by atoms with Crippen LogP contribution in [-0.2, 0) is 30.5 Å². The smallest absolute Gasteiger partial charge is 0.414 e. The molecule has 13 nitrogen and oxygen atoms in total. The third kappa shape index (κ3) is 21.0. The van der Waals surface area contributed by atoms with E-state index in [0.717, 1.165) is 24.4 Å². The number of carboxylic acid groups (broad SMARTS) is 4. The fraction of sp³-hybridized carbons (Fsp3) is 0.545. The Labute approximate surface area is 203 Å². The van der Waals surface area contributed by atoms with Gasteiger partial charge in [-0.3, -0.25) is 0 Å². The second-order valence-electron chi connectivity index (χ2n) is 8.27. The Hall–Kier alpha value is -3.26. The number of hydrogen-bond acceptors (Lipinski definition) is 9. The molecular formula is C22H36N2O11. The maximum Gasteiger partial charge on any atom is 0.414 e. The fourth-order valence-corrected chi connectivity index (χ4v) is 2.58. The maximum absolute atomic E-state index is 9.97. The molecule has 1 unspecified atom stereocenters. The van der Waals surface area contributed by atoms with E-state index in [1.165, 1.54) is 0 Å². The van der Waals surface area contributed by atoms with Crippen LogP contribution in [0.25, 0.3) is 0 Å². The molecule has 1 atom stereocenters. The molecule has 0 amide bonds. The molecule has 0 spiro atoms. The van der Waals surface area contributed by atoms with Crippen LogP contribution in [0.5, 0.6) is 5.75 Å². The summed E-state index contributed by atoms with van der Waals surface area (Å²) < 4.78 is 10.7. The van der Waals surface area contributed by atoms with Crippen LogP contribution in [-0.4, -0.2) is 108 Å². The van der Waals surface area contributed by atoms with Crippen LogP contribution >= 0.6 is 0 Å². The van der Waals surface area contributed by atoms with Gasteiger partial charge in [0.2, 0.25) is 0 Å². The van der Waals surface area contributed by atoms with Crippen molar-refractivity contribution in [3.63, 3.8) is 0 Å². The highest BCUT2D eigenvalue weighted by Crippen LogP contribution is 2.14. The molecule has 0 radical (unpaired) electrons. The lowest BCUT2D eigenvalue weighted by atomic mass is 9.93. The standard InChI is InChI=1S/C18H32N2O3.2C2H2O4/c1-18(2,14-20(3)4)13-19-10-16(21)12-23-11-15-6-8-17(22-5)9-7-15;2*3-1(4)2(5)6/h6-9,16,19,21H,10-14H2,1-5H3;2*(H,3,4)(H,5,6). The number of carbonyl (C=O) groups is 4. The number of methoxy groups -OCH3 is 1. The van der Waals surface area contributed by atoms with E-state index >= 15 is 0 Å². The molecule has 0 saturated carbocycles. The number of nitrogens with one attached hydrogen (secondary N) is 1. The lowest BCUT2D eigenvalue weighted by Crippen LogP contribution is -2.40. The molecule has 1 aromatic carbocycles. The Balaban J connectivity index is 0. The van der Waals surface area contributed by atoms with Gasteiger partial charge in [-0.05, 0) is 37.2 Å². The van der Waals surface area contributed by atoms with Crippen LogP contribution < -0.4 is 10.1 Å². The number of aliphatic carboxylic acids is 4. The van der Waals surface area contributed by atoms with Gasteiger partial charge in [-0.1, -0.05) is 26.0 Å². The summed E-state index contributed by atoms with van der Waals surface area (Å²) in [6.07, 6.45) is -0.497. The van der Waals surface area contributed by atoms with Crippen LogP contribution in [0.3, 0.4) is 0 Å². The minimum atomic E-state index is -1.82. The number of hydrogen-bond donors (Lipinski definition) is 6. The number of nitrogens with zero attached hydrogens (tertiary/aromatic N) is 1. The van der Waals surface area contributed by atoms with E-state index < -0.39 is 30.0 Å². The summed E-state index contributed by atoms with van der Waals surface area (Å²) >= 11 is 0. The second kappa shape index (κ2) is 18.1. The van der Waals surface area contributed by atoms with Gasteiger partial charge >= 0.3 is 23.9 Å². The molecule has 0 saturated heterocycles. The minimum Gasteiger partial charge on any atom is -0.497 e. The molecular weight excluding hydrogens is 468 g/mol. The first kappa shape index (κ1) is 33.9. The molecule has 0 aromatic heterocycles. The summed E-state index contributed by atoms with van der Waals surface area (Å²) in [5.41, 5.74) is 1.24. The largest absolute Gasteiger partial charge is 0.497 e. The van der Waals surface area contributed by atoms with E-state index in [1.54, 1.807) is 7.11 Å². The summed E-state index contributed by atoms with van der Waals surface area (Å²) in [7, 11) is 5.79. The van der Waals surface area contributed by atoms with Crippen molar-refractivity contribution in [1.29, 1.82) is 0 Å². The highest BCUT2D eigenvalue weighted by atomic mass is 16.5. The zero-order valence-electron chi connectivity index (χ0n) is 20.6. The van der Waals surface area contributed by atoms with Crippen molar-refractivity contribution in [2.45, 2.75) is 26.6 Å². The highest BCUT2D eigenvalue weighted by molar-refractivity contribution is 6.27. The Morgan fingerprint density at radius 2 is 1.40 bits per heavy atom. The third-order valence-electron chi connectivity index (χ3n) is 3.83. The lowest BCUT2D eigenvalue weighted by molar-refractivity contribution is -0.159. The van der Waals surface area contributed by atoms with Crippen molar-refractivity contribution in [2.75, 3.05) is 47.4 Å². The van der Waals surface area contributed by atoms with Gasteiger partial charge in [0.05, 0.1) is 26.4 Å². The molecule has 0 bridgehead atoms. The van der Waals surface area contributed by atoms with E-state index in [0.29, 0.717) is 19.8 Å². The van der Waals surface area contributed by atoms with Gasteiger partial charge in [0.15, 0.2) is 0 Å². The molecule has 0 fully saturated rings. The lowest BCUT2D eigenvalue weighted by Gasteiger charge is -2.29. The van der Waals surface area contributed by atoms with Crippen molar-refractivity contribution in [2.24, 2.45) is 5.41 Å². The predicted molar refractivity (Wildman–Crippen MR) is 124 cm³/mol. The van der Waals surface area contributed by atoms with Crippen molar-refractivity contribution < 1.29 is 54.2 Å². The molecule has 6 N–H and O–H groups in total. The number of benzene rings is 1. The molecule has 200 valence electrons. The molecule has 0 heterocycles. The van der Waals surface area contributed by atoms with Gasteiger partial charge in [-0.2, -0.15) is 0 Å². The molecule has 0 aliphatic heterocycles. The Bertz CT molecular complexity index is 732. The summed E-state index contributed by atoms with van der Waals surface area (Å²) in [5.74, 6) is -6.46. The SMILES string of the molecule is COc1ccc(COCC(O)CNCC(C)(C)CN(C)C)cc1.O=C(O)C(=O)O.O=C(O)C(=O)O. The first-order valence-electron chi connectivity index (χ1n) is 10.3. The second-order valence-corrected chi connectivity index (χ2v) is 8.27. The molecule has 35 heavy (non-hydrogen) atoms. The quantitative estimate of drug-likeness (QED) is 0.221. The average Bonchev–Trinajstić information content (AvgIpc) is 2.74. The Morgan fingerprint density at radius 3 is 1.77 bits per heavy atom. The van der Waals surface area contributed by atoms with Crippen LogP contribution in [0.1, 0.15) is 19.4 Å². The van der Waals surface area contributed by atoms with Gasteiger partial charge < -0.3 is 45.2 Å². The topological polar surface area (TPSA) is 203 Å². The van der Waals surface area contributed by atoms with Crippen molar-refractivity contribution in [3.05, 3.63) is 29.8 Å². The number of aliphatic hydroxyl groups excluding tert-OH is 1. The van der Waals surface area contributed by atoms with Gasteiger partial charge in [0.1, 0.15) is 5.75 Å². The fourth-order valence-electron chi connectivity index (χ4n) is 2.58. The van der Waals surface area contributed by atoms with E-state index in [4.69, 9.17) is 49.1 Å². The zero-order chi connectivity index (χ0) is 27.6. The van der Waals surface area contributed by atoms with E-state index in [1.807, 2.05) is 24.3 Å². The van der Waals surface area contributed by atoms with Gasteiger partial charge in [0.25, 0.3) is 0 Å². The number of carboxylic acids is 4. The van der Waals surface area contributed by atoms with E-state index in [2.05, 4.69) is 38.2 Å². The van der Waals surface area contributed by atoms with E-state index in [9.17, 15) is 5.11 Å². The normalized spacial score (nSPS) is 11.3. The zero-order valence-corrected chi connectivity index (χ0v) is 20.6. The summed E-state index contributed by atoms with van der Waals surface area (Å²) in [5, 5.41) is 42.9. The molecule has 0 aliphatic rings. The van der Waals surface area contributed by atoms with Crippen molar-refractivity contribution in [3.8, 4) is 5.75 Å². The van der Waals surface area contributed by atoms with Crippen LogP contribution in [0.15, 0.2) is 24.3 Å². The van der Waals surface area contributed by atoms with Gasteiger partial charge in [0, 0.05) is 19.6 Å². The van der Waals surface area contributed by atoms with Crippen LogP contribution in [0.2, 0.25) is 0 Å². The van der Waals surface area contributed by atoms with Crippen LogP contribution in [0.4, 0.5) is 0 Å². The highest BCUT2D eigenvalue weighted by Gasteiger charge is 2.18. The Kier molecular flexibility index (Phi) is 17.6. The summed E-state index contributed by atoms with van der Waals surface area (Å²) in [6.45, 7) is 7.66. The van der Waals surface area contributed by atoms with E-state index in [-0.39, 0.29) is 5.41 Å². The number of rotatable bonds is 11. The monoisotopic (exact) mass is 504 g/mol. The third-order valence-corrected chi connectivity index (χ3v) is 3.83. The number of ether oxygens (including phenoxy) is 2. The summed E-state index contributed by atoms with van der Waals surface area (Å²) in [4.78, 5) is 38.6. The van der Waals surface area contributed by atoms with Crippen LogP contribution in [0, 0.1) is 5.41 Å². The molecule has 1 aromatic rings. The maximum atomic E-state index is 9.97. The Morgan fingerprint density at radius 1 is 0.943 bits per heavy atom. The van der Waals surface area contributed by atoms with Crippen molar-refractivity contribution in [1.82, 2.24) is 10.2 Å². The molecule has 13 heteroatoms. The molecule has 0 aliphatic carbocycles. The van der Waals surface area contributed by atoms with Crippen molar-refractivity contribution >= 4 is 23.9 Å². The first-order valence-corrected chi connectivity index (χ1v) is 10.3. The summed E-state index contributed by atoms with van der Waals surface area (Å²) in [6, 6.07) is 7.74. The van der Waals surface area contributed by atoms with Gasteiger partial charge in [-0.25, -0.2) is 19.2 Å². The van der Waals surface area contributed by atoms with Gasteiger partial charge in [-0.15, -0.1) is 0 Å². The average molecular weight is 505 g/mol. The predicted octanol–water partition coefficient (Wildman–Crippen LogP) is 0.0613. The molecule has 1 rings (SSSR count).